The van der Waals surface area contributed by atoms with Gasteiger partial charge in [0, 0.05) is 45.8 Å². The van der Waals surface area contributed by atoms with Crippen molar-refractivity contribution in [1.82, 2.24) is 9.97 Å². The van der Waals surface area contributed by atoms with Gasteiger partial charge in [-0.1, -0.05) is 26.2 Å². The average molecular weight is 298 g/mol. The van der Waals surface area contributed by atoms with Crippen LogP contribution in [0.2, 0.25) is 0 Å². The Morgan fingerprint density at radius 1 is 1.31 bits per heavy atom. The van der Waals surface area contributed by atoms with Gasteiger partial charge in [0.2, 0.25) is 0 Å². The molecule has 89 valence electrons. The first-order valence-corrected chi connectivity index (χ1v) is 4.98. The zero-order chi connectivity index (χ0) is 10.2. The summed E-state index contributed by atoms with van der Waals surface area (Å²) in [4.78, 5) is 10.3. The fourth-order valence-electron chi connectivity index (χ4n) is 1.18. The van der Waals surface area contributed by atoms with Gasteiger partial charge in [0.05, 0.1) is 13.2 Å². The SMILES string of the molecule is CC.[CH3-].[Y].[c-]1ccnc(N2CCOCC2)n1. The molecule has 0 aromatic carbocycles. The molecule has 5 heteroatoms. The summed E-state index contributed by atoms with van der Waals surface area (Å²) >= 11 is 0. The molecular formula is C11H19N3OY-2. The van der Waals surface area contributed by atoms with Crippen molar-refractivity contribution in [1.29, 1.82) is 0 Å². The third-order valence-electron chi connectivity index (χ3n) is 1.80. The molecule has 0 spiro atoms. The number of hydrogen-bond acceptors (Lipinski definition) is 4. The minimum atomic E-state index is 0. The normalized spacial score (nSPS) is 13.8. The number of aromatic nitrogens is 2. The molecule has 0 saturated carbocycles. The Balaban J connectivity index is 0. The van der Waals surface area contributed by atoms with Crippen molar-refractivity contribution >= 4 is 5.95 Å². The van der Waals surface area contributed by atoms with E-state index in [9.17, 15) is 0 Å². The molecule has 0 aliphatic carbocycles. The summed E-state index contributed by atoms with van der Waals surface area (Å²) in [5.74, 6) is 0.751. The fraction of sp³-hybridized carbons (Fsp3) is 0.545. The van der Waals surface area contributed by atoms with E-state index in [4.69, 9.17) is 4.74 Å². The van der Waals surface area contributed by atoms with Gasteiger partial charge in [0.1, 0.15) is 5.95 Å². The summed E-state index contributed by atoms with van der Waals surface area (Å²) in [5.41, 5.74) is 0. The van der Waals surface area contributed by atoms with Gasteiger partial charge in [0.25, 0.3) is 0 Å². The Kier molecular flexibility index (Phi) is 13.1. The Morgan fingerprint density at radius 2 is 1.94 bits per heavy atom. The first kappa shape index (κ1) is 18.3. The van der Waals surface area contributed by atoms with E-state index in [2.05, 4.69) is 21.1 Å². The van der Waals surface area contributed by atoms with Crippen LogP contribution < -0.4 is 4.90 Å². The second kappa shape index (κ2) is 11.4. The van der Waals surface area contributed by atoms with Crippen LogP contribution in [-0.4, -0.2) is 36.3 Å². The maximum atomic E-state index is 5.21. The third kappa shape index (κ3) is 5.87. The van der Waals surface area contributed by atoms with Crippen molar-refractivity contribution in [3.63, 3.8) is 0 Å². The number of nitrogens with zero attached hydrogens (tertiary/aromatic N) is 3. The van der Waals surface area contributed by atoms with Gasteiger partial charge in [-0.3, -0.25) is 0 Å². The molecule has 2 heterocycles. The Hall–Kier alpha value is -0.0561. The van der Waals surface area contributed by atoms with Gasteiger partial charge in [-0.25, -0.2) is 0 Å². The van der Waals surface area contributed by atoms with Crippen molar-refractivity contribution in [2.24, 2.45) is 0 Å². The summed E-state index contributed by atoms with van der Waals surface area (Å²) in [6.07, 6.45) is 4.47. The fourth-order valence-corrected chi connectivity index (χ4v) is 1.18. The van der Waals surface area contributed by atoms with E-state index in [0.717, 1.165) is 32.3 Å². The van der Waals surface area contributed by atoms with Gasteiger partial charge in [-0.2, -0.15) is 0 Å². The summed E-state index contributed by atoms with van der Waals surface area (Å²) in [6.45, 7) is 7.27. The first-order valence-electron chi connectivity index (χ1n) is 4.98. The molecule has 1 aliphatic rings. The van der Waals surface area contributed by atoms with Crippen LogP contribution in [0, 0.1) is 13.6 Å². The van der Waals surface area contributed by atoms with Crippen LogP contribution in [0.5, 0.6) is 0 Å². The van der Waals surface area contributed by atoms with E-state index < -0.39 is 0 Å². The van der Waals surface area contributed by atoms with Crippen LogP contribution in [0.15, 0.2) is 12.3 Å². The van der Waals surface area contributed by atoms with E-state index in [0.29, 0.717) is 0 Å². The molecule has 0 atom stereocenters. The van der Waals surface area contributed by atoms with Gasteiger partial charge in [-0.05, 0) is 0 Å². The smallest absolute Gasteiger partial charge is 0.108 e. The van der Waals surface area contributed by atoms with Gasteiger partial charge >= 0.3 is 0 Å². The molecular weight excluding hydrogens is 279 g/mol. The predicted molar refractivity (Wildman–Crippen MR) is 61.7 cm³/mol. The van der Waals surface area contributed by atoms with Crippen molar-refractivity contribution < 1.29 is 37.4 Å². The third-order valence-corrected chi connectivity index (χ3v) is 1.80. The van der Waals surface area contributed by atoms with Crippen molar-refractivity contribution in [2.75, 3.05) is 31.2 Å². The molecule has 1 saturated heterocycles. The van der Waals surface area contributed by atoms with Crippen molar-refractivity contribution in [3.05, 3.63) is 25.9 Å². The molecule has 1 aromatic heterocycles. The maximum absolute atomic E-state index is 5.21. The number of rotatable bonds is 1. The topological polar surface area (TPSA) is 38.2 Å². The molecule has 0 unspecified atom stereocenters. The van der Waals surface area contributed by atoms with Gasteiger partial charge in [0.15, 0.2) is 0 Å². The van der Waals surface area contributed by atoms with Crippen LogP contribution in [0.4, 0.5) is 5.95 Å². The van der Waals surface area contributed by atoms with Crippen LogP contribution in [-0.2, 0) is 37.4 Å². The van der Waals surface area contributed by atoms with Gasteiger partial charge in [-0.15, -0.1) is 6.07 Å². The second-order valence-electron chi connectivity index (χ2n) is 2.59. The van der Waals surface area contributed by atoms with E-state index >= 15 is 0 Å². The summed E-state index contributed by atoms with van der Waals surface area (Å²) in [5, 5.41) is 0. The maximum Gasteiger partial charge on any atom is 0.108 e. The number of ether oxygens (including phenoxy) is 1. The average Bonchev–Trinajstić information content (AvgIpc) is 2.34. The molecule has 1 aromatic rings. The molecule has 0 amide bonds. The largest absolute Gasteiger partial charge is 0.389 e. The number of morpholine rings is 1. The molecule has 1 radical (unpaired) electrons. The summed E-state index contributed by atoms with van der Waals surface area (Å²) < 4.78 is 5.21. The van der Waals surface area contributed by atoms with E-state index in [1.54, 1.807) is 12.3 Å². The van der Waals surface area contributed by atoms with Gasteiger partial charge < -0.3 is 27.0 Å². The minimum Gasteiger partial charge on any atom is -0.389 e. The first-order chi connectivity index (χ1) is 6.97. The molecule has 1 fully saturated rings. The summed E-state index contributed by atoms with van der Waals surface area (Å²) in [7, 11) is 0. The van der Waals surface area contributed by atoms with E-state index in [1.165, 1.54) is 0 Å². The predicted octanol–water partition coefficient (Wildman–Crippen LogP) is 1.59. The van der Waals surface area contributed by atoms with Crippen LogP contribution in [0.1, 0.15) is 13.8 Å². The second-order valence-corrected chi connectivity index (χ2v) is 2.59. The van der Waals surface area contributed by atoms with Crippen molar-refractivity contribution in [3.8, 4) is 0 Å². The zero-order valence-electron chi connectivity index (χ0n) is 10.3. The number of hydrogen-bond donors (Lipinski definition) is 0. The number of anilines is 1. The molecule has 16 heavy (non-hydrogen) atoms. The molecule has 1 aliphatic heterocycles. The van der Waals surface area contributed by atoms with Crippen LogP contribution in [0.25, 0.3) is 0 Å². The zero-order valence-corrected chi connectivity index (χ0v) is 13.1. The van der Waals surface area contributed by atoms with E-state index in [1.807, 2.05) is 13.8 Å². The van der Waals surface area contributed by atoms with E-state index in [-0.39, 0.29) is 40.1 Å². The quantitative estimate of drug-likeness (QED) is 0.738. The summed E-state index contributed by atoms with van der Waals surface area (Å²) in [6, 6.07) is 1.70. The van der Waals surface area contributed by atoms with Crippen LogP contribution >= 0.6 is 0 Å². The monoisotopic (exact) mass is 298 g/mol. The van der Waals surface area contributed by atoms with Crippen molar-refractivity contribution in [2.45, 2.75) is 13.8 Å². The Morgan fingerprint density at radius 3 is 2.44 bits per heavy atom. The Bertz CT molecular complexity index is 240. The van der Waals surface area contributed by atoms with Crippen LogP contribution in [0.3, 0.4) is 0 Å². The molecule has 0 N–H and O–H groups in total. The standard InChI is InChI=1S/C8H10N3O.C2H6.CH3.Y/c1-2-9-8(10-3-1)11-4-6-12-7-5-11;1-2;;/h1-2H,4-7H2;1-2H3;1H3;/q-1;;-1;. The molecule has 4 nitrogen and oxygen atoms in total. The Labute approximate surface area is 124 Å². The minimum absolute atomic E-state index is 0. The molecule has 0 bridgehead atoms. The molecule has 2 rings (SSSR count).